The molecule has 2 N–H and O–H groups in total. The van der Waals surface area contributed by atoms with Crippen LogP contribution in [0.5, 0.6) is 0 Å². The predicted octanol–water partition coefficient (Wildman–Crippen LogP) is 3.30. The number of carbonyl (C=O) groups excluding carboxylic acids is 2. The molecule has 0 saturated carbocycles. The number of thiophene rings is 1. The fourth-order valence-electron chi connectivity index (χ4n) is 2.78. The van der Waals surface area contributed by atoms with Crippen molar-refractivity contribution in [2.24, 2.45) is 5.92 Å². The number of aromatic nitrogens is 2. The molecule has 3 aromatic rings. The van der Waals surface area contributed by atoms with Crippen LogP contribution < -0.4 is 5.32 Å². The van der Waals surface area contributed by atoms with Gasteiger partial charge in [-0.2, -0.15) is 11.3 Å². The standard InChI is InChI=1S/C13H8N2O2S.C7H17NO/c16-6-9-2-1-4-15-11(7-17)12(14-13(9)15)10-3-5-18-8-10;1-6(2)4-7(5-9)8-3/h1-8H;6-9H,4-5H2,1-3H3/t;7-/m.0/s1. The number of nitrogens with zero attached hydrogens (tertiary/aromatic N) is 2. The monoisotopic (exact) mass is 387 g/mol. The highest BCUT2D eigenvalue weighted by Gasteiger charge is 2.15. The molecular weight excluding hydrogens is 362 g/mol. The number of fused-ring (bicyclic) bond motifs is 1. The fraction of sp³-hybridized carbons (Fsp3) is 0.350. The summed E-state index contributed by atoms with van der Waals surface area (Å²) in [5.74, 6) is 0.662. The highest BCUT2D eigenvalue weighted by molar-refractivity contribution is 7.08. The van der Waals surface area contributed by atoms with E-state index in [0.29, 0.717) is 28.5 Å². The Morgan fingerprint density at radius 2 is 2.07 bits per heavy atom. The molecule has 7 heteroatoms. The number of aldehydes is 2. The van der Waals surface area contributed by atoms with Gasteiger partial charge in [0.15, 0.2) is 12.6 Å². The molecule has 0 amide bonds. The maximum Gasteiger partial charge on any atom is 0.169 e. The molecule has 0 aliphatic rings. The molecule has 0 fully saturated rings. The van der Waals surface area contributed by atoms with Gasteiger partial charge in [0.05, 0.1) is 12.2 Å². The Labute approximate surface area is 162 Å². The number of hydrogen-bond acceptors (Lipinski definition) is 6. The quantitative estimate of drug-likeness (QED) is 0.608. The Balaban J connectivity index is 0.000000249. The Morgan fingerprint density at radius 3 is 2.56 bits per heavy atom. The van der Waals surface area contributed by atoms with E-state index >= 15 is 0 Å². The van der Waals surface area contributed by atoms with Crippen LogP contribution in [-0.2, 0) is 0 Å². The third-order valence-corrected chi connectivity index (χ3v) is 4.82. The molecular formula is C20H25N3O3S. The molecule has 1 atom stereocenters. The van der Waals surface area contributed by atoms with Gasteiger partial charge in [-0.15, -0.1) is 0 Å². The van der Waals surface area contributed by atoms with Crippen molar-refractivity contribution in [3.05, 3.63) is 46.4 Å². The molecule has 0 spiro atoms. The van der Waals surface area contributed by atoms with Gasteiger partial charge in [-0.05, 0) is 43.0 Å². The van der Waals surface area contributed by atoms with Crippen LogP contribution in [0.4, 0.5) is 0 Å². The van der Waals surface area contributed by atoms with Crippen molar-refractivity contribution >= 4 is 29.6 Å². The first-order chi connectivity index (χ1) is 13.0. The molecule has 0 radical (unpaired) electrons. The average molecular weight is 388 g/mol. The first kappa shape index (κ1) is 21.0. The molecule has 0 aliphatic carbocycles. The lowest BCUT2D eigenvalue weighted by molar-refractivity contribution is 0.111. The molecule has 3 rings (SSSR count). The number of carbonyl (C=O) groups is 2. The van der Waals surface area contributed by atoms with Gasteiger partial charge in [0, 0.05) is 23.2 Å². The summed E-state index contributed by atoms with van der Waals surface area (Å²) < 4.78 is 1.64. The largest absolute Gasteiger partial charge is 0.395 e. The maximum atomic E-state index is 11.3. The summed E-state index contributed by atoms with van der Waals surface area (Å²) in [6.07, 6.45) is 4.29. The fourth-order valence-corrected chi connectivity index (χ4v) is 3.42. The van der Waals surface area contributed by atoms with Crippen LogP contribution in [0.3, 0.4) is 0 Å². The number of likely N-dealkylation sites (N-methyl/N-ethyl adjacent to an activating group) is 1. The molecule has 0 aliphatic heterocycles. The van der Waals surface area contributed by atoms with Crippen molar-refractivity contribution in [1.29, 1.82) is 0 Å². The van der Waals surface area contributed by atoms with Crippen LogP contribution in [-0.4, -0.2) is 46.8 Å². The zero-order valence-corrected chi connectivity index (χ0v) is 16.6. The summed E-state index contributed by atoms with van der Waals surface area (Å²) in [6, 6.07) is 5.59. The second-order valence-corrected chi connectivity index (χ2v) is 7.33. The van der Waals surface area contributed by atoms with Gasteiger partial charge in [-0.1, -0.05) is 13.8 Å². The summed E-state index contributed by atoms with van der Waals surface area (Å²) in [6.45, 7) is 4.55. The minimum absolute atomic E-state index is 0.245. The summed E-state index contributed by atoms with van der Waals surface area (Å²) in [4.78, 5) is 26.6. The number of imidazole rings is 1. The average Bonchev–Trinajstić information content (AvgIpc) is 3.33. The SMILES string of the molecule is CN[C@H](CO)CC(C)C.O=Cc1cccn2c(C=O)c(-c3ccsc3)nc12. The first-order valence-corrected chi connectivity index (χ1v) is 9.72. The van der Waals surface area contributed by atoms with E-state index in [-0.39, 0.29) is 12.6 Å². The number of pyridine rings is 1. The van der Waals surface area contributed by atoms with Gasteiger partial charge in [-0.3, -0.25) is 14.0 Å². The Kier molecular flexibility index (Phi) is 7.84. The minimum Gasteiger partial charge on any atom is -0.395 e. The zero-order valence-electron chi connectivity index (χ0n) is 15.8. The second-order valence-electron chi connectivity index (χ2n) is 6.55. The zero-order chi connectivity index (χ0) is 19.8. The molecule has 0 saturated heterocycles. The van der Waals surface area contributed by atoms with Crippen molar-refractivity contribution in [3.8, 4) is 11.3 Å². The number of nitrogens with one attached hydrogen (secondary N) is 1. The van der Waals surface area contributed by atoms with E-state index < -0.39 is 0 Å². The predicted molar refractivity (Wildman–Crippen MR) is 109 cm³/mol. The lowest BCUT2D eigenvalue weighted by atomic mass is 10.1. The molecule has 0 unspecified atom stereocenters. The smallest absolute Gasteiger partial charge is 0.169 e. The lowest BCUT2D eigenvalue weighted by Gasteiger charge is -2.14. The van der Waals surface area contributed by atoms with Crippen LogP contribution in [0.2, 0.25) is 0 Å². The normalized spacial score (nSPS) is 11.9. The number of rotatable bonds is 7. The van der Waals surface area contributed by atoms with Crippen LogP contribution in [0.25, 0.3) is 16.9 Å². The number of aliphatic hydroxyl groups excluding tert-OH is 1. The molecule has 27 heavy (non-hydrogen) atoms. The van der Waals surface area contributed by atoms with Crippen LogP contribution >= 0.6 is 11.3 Å². The highest BCUT2D eigenvalue weighted by atomic mass is 32.1. The van der Waals surface area contributed by atoms with Gasteiger partial charge in [0.1, 0.15) is 17.0 Å². The third kappa shape index (κ3) is 5.09. The van der Waals surface area contributed by atoms with Crippen molar-refractivity contribution in [2.45, 2.75) is 26.3 Å². The van der Waals surface area contributed by atoms with Gasteiger partial charge >= 0.3 is 0 Å². The maximum absolute atomic E-state index is 11.3. The molecule has 3 aromatic heterocycles. The first-order valence-electron chi connectivity index (χ1n) is 8.77. The van der Waals surface area contributed by atoms with E-state index in [9.17, 15) is 9.59 Å². The summed E-state index contributed by atoms with van der Waals surface area (Å²) >= 11 is 1.54. The third-order valence-electron chi connectivity index (χ3n) is 4.13. The van der Waals surface area contributed by atoms with Crippen LogP contribution in [0.1, 0.15) is 41.1 Å². The van der Waals surface area contributed by atoms with E-state index in [1.165, 1.54) is 11.3 Å². The second kappa shape index (κ2) is 10.1. The molecule has 0 aromatic carbocycles. The Hall–Kier alpha value is -2.35. The van der Waals surface area contributed by atoms with Crippen molar-refractivity contribution < 1.29 is 14.7 Å². The number of aliphatic hydroxyl groups is 1. The summed E-state index contributed by atoms with van der Waals surface area (Å²) in [7, 11) is 1.88. The van der Waals surface area contributed by atoms with E-state index in [2.05, 4.69) is 24.1 Å². The van der Waals surface area contributed by atoms with E-state index in [1.807, 2.05) is 23.9 Å². The number of hydrogen-bond donors (Lipinski definition) is 2. The van der Waals surface area contributed by atoms with Gasteiger partial charge < -0.3 is 10.4 Å². The van der Waals surface area contributed by atoms with Crippen molar-refractivity contribution in [2.75, 3.05) is 13.7 Å². The van der Waals surface area contributed by atoms with E-state index in [4.69, 9.17) is 5.11 Å². The summed E-state index contributed by atoms with van der Waals surface area (Å²) in [5, 5.41) is 15.6. The van der Waals surface area contributed by atoms with Crippen LogP contribution in [0, 0.1) is 5.92 Å². The molecule has 144 valence electrons. The van der Waals surface area contributed by atoms with Gasteiger partial charge in [0.25, 0.3) is 0 Å². The Morgan fingerprint density at radius 1 is 1.30 bits per heavy atom. The van der Waals surface area contributed by atoms with Crippen LogP contribution in [0.15, 0.2) is 35.2 Å². The van der Waals surface area contributed by atoms with Crippen molar-refractivity contribution in [3.63, 3.8) is 0 Å². The molecule has 3 heterocycles. The topological polar surface area (TPSA) is 83.7 Å². The van der Waals surface area contributed by atoms with Gasteiger partial charge in [0.2, 0.25) is 0 Å². The Bertz CT molecular complexity index is 868. The van der Waals surface area contributed by atoms with Crippen molar-refractivity contribution in [1.82, 2.24) is 14.7 Å². The molecule has 0 bridgehead atoms. The lowest BCUT2D eigenvalue weighted by Crippen LogP contribution is -2.30. The minimum atomic E-state index is 0.245. The van der Waals surface area contributed by atoms with E-state index in [1.54, 1.807) is 22.7 Å². The van der Waals surface area contributed by atoms with E-state index in [0.717, 1.165) is 24.6 Å². The highest BCUT2D eigenvalue weighted by Crippen LogP contribution is 2.26. The van der Waals surface area contributed by atoms with Gasteiger partial charge in [-0.25, -0.2) is 4.98 Å². The molecule has 6 nitrogen and oxygen atoms in total. The summed E-state index contributed by atoms with van der Waals surface area (Å²) in [5.41, 5.74) is 2.95.